The lowest BCUT2D eigenvalue weighted by atomic mass is 10.2. The van der Waals surface area contributed by atoms with Gasteiger partial charge in [0.25, 0.3) is 0 Å². The molecule has 162 valence electrons. The van der Waals surface area contributed by atoms with Gasteiger partial charge in [-0.1, -0.05) is 23.7 Å². The molecule has 0 bridgehead atoms. The number of methoxy groups -OCH3 is 1. The van der Waals surface area contributed by atoms with Gasteiger partial charge in [0.1, 0.15) is 12.4 Å². The van der Waals surface area contributed by atoms with Crippen molar-refractivity contribution < 1.29 is 9.47 Å². The number of fused-ring (bicyclic) bond motifs is 1. The summed E-state index contributed by atoms with van der Waals surface area (Å²) in [5, 5.41) is 3.91. The second-order valence-corrected chi connectivity index (χ2v) is 7.67. The van der Waals surface area contributed by atoms with Crippen molar-refractivity contribution in [2.24, 2.45) is 0 Å². The molecular weight excluding hydrogens is 428 g/mol. The summed E-state index contributed by atoms with van der Waals surface area (Å²) in [6.07, 6.45) is 5.38. The molecular formula is C23H21ClN6O2. The first-order valence-corrected chi connectivity index (χ1v) is 10.5. The number of nitrogens with one attached hydrogen (secondary N) is 1. The first-order chi connectivity index (χ1) is 15.6. The standard InChI is InChI=1S/C23H21ClN6O2/c1-15-13-29(14-26-15)19-8-7-16(11-20(19)31-2)27-23-25-12-21-22(28-23)30(9-10-32-21)18-6-4-3-5-17(18)24/h3-8,11-14H,9-10H2,1-2H3,(H,25,27,28). The second-order valence-electron chi connectivity index (χ2n) is 7.27. The Kier molecular flexibility index (Phi) is 5.28. The quantitative estimate of drug-likeness (QED) is 0.465. The van der Waals surface area contributed by atoms with E-state index < -0.39 is 0 Å². The van der Waals surface area contributed by atoms with Gasteiger partial charge < -0.3 is 24.3 Å². The third kappa shape index (κ3) is 3.80. The minimum absolute atomic E-state index is 0.444. The molecule has 4 aromatic rings. The maximum atomic E-state index is 6.43. The summed E-state index contributed by atoms with van der Waals surface area (Å²) in [4.78, 5) is 15.4. The number of hydrogen-bond acceptors (Lipinski definition) is 7. The van der Waals surface area contributed by atoms with Crippen LogP contribution in [0.3, 0.4) is 0 Å². The van der Waals surface area contributed by atoms with E-state index in [9.17, 15) is 0 Å². The van der Waals surface area contributed by atoms with Crippen molar-refractivity contribution in [2.75, 3.05) is 30.5 Å². The van der Waals surface area contributed by atoms with E-state index in [0.717, 1.165) is 22.8 Å². The predicted molar refractivity (Wildman–Crippen MR) is 124 cm³/mol. The van der Waals surface area contributed by atoms with E-state index in [1.54, 1.807) is 19.6 Å². The van der Waals surface area contributed by atoms with E-state index in [0.29, 0.717) is 41.4 Å². The number of aryl methyl sites for hydroxylation is 1. The summed E-state index contributed by atoms with van der Waals surface area (Å²) in [6.45, 7) is 3.11. The normalized spacial score (nSPS) is 12.8. The van der Waals surface area contributed by atoms with Crippen LogP contribution in [0.25, 0.3) is 5.69 Å². The van der Waals surface area contributed by atoms with E-state index in [2.05, 4.69) is 15.3 Å². The first kappa shape index (κ1) is 20.1. The Bertz CT molecular complexity index is 1280. The van der Waals surface area contributed by atoms with Gasteiger partial charge in [-0.3, -0.25) is 0 Å². The molecule has 3 heterocycles. The van der Waals surface area contributed by atoms with Crippen molar-refractivity contribution in [1.82, 2.24) is 19.5 Å². The highest BCUT2D eigenvalue weighted by Crippen LogP contribution is 2.38. The second kappa shape index (κ2) is 8.39. The van der Waals surface area contributed by atoms with Crippen LogP contribution >= 0.6 is 11.6 Å². The maximum Gasteiger partial charge on any atom is 0.229 e. The molecule has 2 aromatic carbocycles. The van der Waals surface area contributed by atoms with E-state index >= 15 is 0 Å². The summed E-state index contributed by atoms with van der Waals surface area (Å²) >= 11 is 6.43. The Morgan fingerprint density at radius 3 is 2.78 bits per heavy atom. The molecule has 5 rings (SSSR count). The van der Waals surface area contributed by atoms with E-state index in [-0.39, 0.29) is 0 Å². The number of imidazole rings is 1. The number of nitrogens with zero attached hydrogens (tertiary/aromatic N) is 5. The summed E-state index contributed by atoms with van der Waals surface area (Å²) in [7, 11) is 1.64. The van der Waals surface area contributed by atoms with E-state index in [1.807, 2.05) is 65.1 Å². The Morgan fingerprint density at radius 1 is 1.12 bits per heavy atom. The Labute approximate surface area is 190 Å². The van der Waals surface area contributed by atoms with Crippen LogP contribution in [-0.2, 0) is 0 Å². The van der Waals surface area contributed by atoms with Crippen LogP contribution < -0.4 is 19.7 Å². The van der Waals surface area contributed by atoms with Crippen LogP contribution in [-0.4, -0.2) is 39.8 Å². The summed E-state index contributed by atoms with van der Waals surface area (Å²) < 4.78 is 13.3. The maximum absolute atomic E-state index is 6.43. The van der Waals surface area contributed by atoms with Crippen LogP contribution in [0.2, 0.25) is 5.02 Å². The number of rotatable bonds is 5. The van der Waals surface area contributed by atoms with Crippen molar-refractivity contribution >= 4 is 34.7 Å². The average molecular weight is 449 g/mol. The van der Waals surface area contributed by atoms with Crippen LogP contribution in [0.1, 0.15) is 5.69 Å². The third-order valence-electron chi connectivity index (χ3n) is 5.13. The highest BCUT2D eigenvalue weighted by Gasteiger charge is 2.24. The number of halogens is 1. The molecule has 0 saturated carbocycles. The van der Waals surface area contributed by atoms with Crippen LogP contribution in [0.4, 0.5) is 23.1 Å². The van der Waals surface area contributed by atoms with Crippen LogP contribution in [0, 0.1) is 6.92 Å². The lowest BCUT2D eigenvalue weighted by Gasteiger charge is -2.30. The molecule has 1 aliphatic rings. The number of benzene rings is 2. The average Bonchev–Trinajstić information content (AvgIpc) is 3.25. The molecule has 0 aliphatic carbocycles. The van der Waals surface area contributed by atoms with Gasteiger partial charge in [0, 0.05) is 18.0 Å². The van der Waals surface area contributed by atoms with Crippen molar-refractivity contribution in [3.8, 4) is 17.2 Å². The zero-order chi connectivity index (χ0) is 22.1. The van der Waals surface area contributed by atoms with Crippen molar-refractivity contribution in [1.29, 1.82) is 0 Å². The van der Waals surface area contributed by atoms with Gasteiger partial charge in [0.05, 0.1) is 48.3 Å². The molecule has 0 unspecified atom stereocenters. The SMILES string of the molecule is COc1cc(Nc2ncc3c(n2)N(c2ccccc2Cl)CCO3)ccc1-n1cnc(C)c1. The molecule has 8 nitrogen and oxygen atoms in total. The Hall–Kier alpha value is -3.78. The Balaban J connectivity index is 1.46. The minimum atomic E-state index is 0.444. The highest BCUT2D eigenvalue weighted by atomic mass is 35.5. The van der Waals surface area contributed by atoms with Crippen LogP contribution in [0.15, 0.2) is 61.2 Å². The van der Waals surface area contributed by atoms with Crippen molar-refractivity contribution in [2.45, 2.75) is 6.92 Å². The fraction of sp³-hybridized carbons (Fsp3) is 0.174. The summed E-state index contributed by atoms with van der Waals surface area (Å²) in [5.74, 6) is 2.43. The topological polar surface area (TPSA) is 77.3 Å². The largest absolute Gasteiger partial charge is 0.494 e. The molecule has 0 fully saturated rings. The molecule has 32 heavy (non-hydrogen) atoms. The van der Waals surface area contributed by atoms with Gasteiger partial charge in [-0.25, -0.2) is 9.97 Å². The van der Waals surface area contributed by atoms with Gasteiger partial charge in [-0.05, 0) is 31.2 Å². The summed E-state index contributed by atoms with van der Waals surface area (Å²) in [5.41, 5.74) is 3.50. The van der Waals surface area contributed by atoms with Crippen molar-refractivity contribution in [3.63, 3.8) is 0 Å². The minimum Gasteiger partial charge on any atom is -0.494 e. The number of para-hydroxylation sites is 1. The number of aromatic nitrogens is 4. The first-order valence-electron chi connectivity index (χ1n) is 10.1. The molecule has 0 saturated heterocycles. The molecule has 1 aliphatic heterocycles. The zero-order valence-corrected chi connectivity index (χ0v) is 18.4. The van der Waals surface area contributed by atoms with Crippen LogP contribution in [0.5, 0.6) is 11.5 Å². The van der Waals surface area contributed by atoms with Gasteiger partial charge in [0.15, 0.2) is 11.6 Å². The lowest BCUT2D eigenvalue weighted by molar-refractivity contribution is 0.310. The molecule has 1 N–H and O–H groups in total. The molecule has 0 amide bonds. The number of hydrogen-bond donors (Lipinski definition) is 1. The number of anilines is 4. The summed E-state index contributed by atoms with van der Waals surface area (Å²) in [6, 6.07) is 13.5. The molecule has 0 radical (unpaired) electrons. The van der Waals surface area contributed by atoms with Gasteiger partial charge in [-0.2, -0.15) is 4.98 Å². The number of ether oxygens (including phenoxy) is 2. The van der Waals surface area contributed by atoms with E-state index in [4.69, 9.17) is 26.1 Å². The zero-order valence-electron chi connectivity index (χ0n) is 17.6. The lowest BCUT2D eigenvalue weighted by Crippen LogP contribution is -2.30. The van der Waals surface area contributed by atoms with Crippen molar-refractivity contribution in [3.05, 3.63) is 71.9 Å². The molecule has 2 aromatic heterocycles. The fourth-order valence-corrected chi connectivity index (χ4v) is 3.86. The van der Waals surface area contributed by atoms with Gasteiger partial charge in [0.2, 0.25) is 5.95 Å². The highest BCUT2D eigenvalue weighted by molar-refractivity contribution is 6.33. The third-order valence-corrected chi connectivity index (χ3v) is 5.45. The molecule has 0 atom stereocenters. The van der Waals surface area contributed by atoms with Gasteiger partial charge in [-0.15, -0.1) is 0 Å². The fourth-order valence-electron chi connectivity index (χ4n) is 3.63. The predicted octanol–water partition coefficient (Wildman–Crippen LogP) is 4.91. The molecule has 0 spiro atoms. The van der Waals surface area contributed by atoms with E-state index in [1.165, 1.54) is 0 Å². The smallest absolute Gasteiger partial charge is 0.229 e. The Morgan fingerprint density at radius 2 is 2.00 bits per heavy atom. The molecule has 9 heteroatoms. The monoisotopic (exact) mass is 448 g/mol. The van der Waals surface area contributed by atoms with Gasteiger partial charge >= 0.3 is 0 Å².